The van der Waals surface area contributed by atoms with E-state index in [1.54, 1.807) is 54.2 Å². The molecule has 3 amide bonds. The van der Waals surface area contributed by atoms with Crippen LogP contribution in [0.15, 0.2) is 66.7 Å². The third-order valence-electron chi connectivity index (χ3n) is 10.4. The molecule has 19 heteroatoms. The Hall–Kier alpha value is -5.82. The molecule has 3 aromatic carbocycles. The number of rotatable bonds is 15. The lowest BCUT2D eigenvalue weighted by molar-refractivity contribution is -0.139. The molecule has 2 aliphatic heterocycles. The minimum absolute atomic E-state index is 0.00279. The molecular formula is C41H41ClN6O10S2. The minimum atomic E-state index is -3.68. The van der Waals surface area contributed by atoms with Gasteiger partial charge in [0.1, 0.15) is 5.02 Å². The summed E-state index contributed by atoms with van der Waals surface area (Å²) in [7, 11) is -1.90. The van der Waals surface area contributed by atoms with Crippen LogP contribution >= 0.6 is 22.9 Å². The Kier molecular flexibility index (Phi) is 12.6. The number of halogens is 1. The summed E-state index contributed by atoms with van der Waals surface area (Å²) < 4.78 is 35.4. The Bertz CT molecular complexity index is 2620. The number of carbonyl (C=O) groups excluding carboxylic acids is 3. The summed E-state index contributed by atoms with van der Waals surface area (Å²) in [6.45, 7) is -0.158. The topological polar surface area (TPSA) is 226 Å². The van der Waals surface area contributed by atoms with Crippen LogP contribution in [0.3, 0.4) is 0 Å². The van der Waals surface area contributed by atoms with Gasteiger partial charge in [0, 0.05) is 55.8 Å². The Morgan fingerprint density at radius 2 is 1.73 bits per heavy atom. The predicted octanol–water partition coefficient (Wildman–Crippen LogP) is 5.61. The third-order valence-corrected chi connectivity index (χ3v) is 13.9. The first-order chi connectivity index (χ1) is 28.6. The van der Waals surface area contributed by atoms with Crippen LogP contribution in [0.1, 0.15) is 64.5 Å². The minimum Gasteiger partial charge on any atom is -0.479 e. The standard InChI is InChI=1S/C41H41ClN6O10S2/c1-47-31-19-23(8-10-29(31)36(46-47)30-11-13-33(50)45-40(30)53)9-12-32(49)44-27-6-2-4-24(18-27)22-60(56,57)48-16-14-26(15-17-48)43-28-7-3-5-25(20-28)38-35(42)37(58-21-34(51)52)39(59-38)41(54)55/h2-8,10,18-20,26,30,43H,9,11-17,21-22H2,1H3,(H,44,49)(H,51,52)(H,54,55)(H,45,50,53). The number of aliphatic carboxylic acids is 1. The zero-order chi connectivity index (χ0) is 42.7. The summed E-state index contributed by atoms with van der Waals surface area (Å²) in [5.41, 5.74) is 4.69. The lowest BCUT2D eigenvalue weighted by atomic mass is 9.92. The molecule has 1 unspecified atom stereocenters. The zero-order valence-electron chi connectivity index (χ0n) is 32.3. The molecule has 0 radical (unpaired) electrons. The predicted molar refractivity (Wildman–Crippen MR) is 225 cm³/mol. The van der Waals surface area contributed by atoms with Crippen LogP contribution in [0.25, 0.3) is 21.3 Å². The number of aromatic nitrogens is 2. The van der Waals surface area contributed by atoms with Gasteiger partial charge in [0.15, 0.2) is 17.2 Å². The largest absolute Gasteiger partial charge is 0.479 e. The molecule has 0 bridgehead atoms. The maximum atomic E-state index is 13.5. The van der Waals surface area contributed by atoms with Gasteiger partial charge < -0.3 is 25.6 Å². The van der Waals surface area contributed by atoms with Gasteiger partial charge in [-0.25, -0.2) is 22.3 Å². The van der Waals surface area contributed by atoms with Gasteiger partial charge in [0.2, 0.25) is 27.7 Å². The number of anilines is 2. The van der Waals surface area contributed by atoms with Crippen LogP contribution in [0.5, 0.6) is 5.75 Å². The highest BCUT2D eigenvalue weighted by Gasteiger charge is 2.32. The number of nitrogens with one attached hydrogen (secondary N) is 3. The summed E-state index contributed by atoms with van der Waals surface area (Å²) in [5, 5.41) is 32.7. The molecule has 2 aromatic heterocycles. The fourth-order valence-corrected chi connectivity index (χ4v) is 10.4. The molecule has 5 aromatic rings. The summed E-state index contributed by atoms with van der Waals surface area (Å²) in [6, 6.07) is 19.6. The number of nitrogens with zero attached hydrogens (tertiary/aromatic N) is 3. The van der Waals surface area contributed by atoms with Crippen LogP contribution < -0.4 is 20.7 Å². The van der Waals surface area contributed by atoms with Crippen LogP contribution in [0.4, 0.5) is 11.4 Å². The van der Waals surface area contributed by atoms with Crippen LogP contribution in [-0.2, 0) is 48.4 Å². The third kappa shape index (κ3) is 9.62. The van der Waals surface area contributed by atoms with E-state index in [1.807, 2.05) is 24.3 Å². The second kappa shape index (κ2) is 17.8. The molecule has 0 spiro atoms. The van der Waals surface area contributed by atoms with Crippen LogP contribution in [-0.4, -0.2) is 88.1 Å². The van der Waals surface area contributed by atoms with E-state index < -0.39 is 34.5 Å². The number of aromatic carboxylic acids is 1. The van der Waals surface area contributed by atoms with Crippen molar-refractivity contribution in [2.24, 2.45) is 7.05 Å². The van der Waals surface area contributed by atoms with Gasteiger partial charge in [-0.1, -0.05) is 48.0 Å². The molecule has 2 saturated heterocycles. The maximum Gasteiger partial charge on any atom is 0.349 e. The average Bonchev–Trinajstić information content (AvgIpc) is 3.71. The first-order valence-corrected chi connectivity index (χ1v) is 21.9. The molecular weight excluding hydrogens is 836 g/mol. The van der Waals surface area contributed by atoms with Crippen molar-refractivity contribution in [3.63, 3.8) is 0 Å². The number of imide groups is 1. The Morgan fingerprint density at radius 1 is 0.983 bits per heavy atom. The van der Waals surface area contributed by atoms with Gasteiger partial charge in [-0.05, 0) is 72.7 Å². The molecule has 314 valence electrons. The first-order valence-electron chi connectivity index (χ1n) is 19.1. The molecule has 2 aliphatic rings. The summed E-state index contributed by atoms with van der Waals surface area (Å²) >= 11 is 7.35. The van der Waals surface area contributed by atoms with Gasteiger partial charge in [-0.3, -0.25) is 24.4 Å². The molecule has 2 fully saturated rings. The van der Waals surface area contributed by atoms with Gasteiger partial charge in [0.25, 0.3) is 0 Å². The van der Waals surface area contributed by atoms with E-state index in [0.29, 0.717) is 66.2 Å². The number of carbonyl (C=O) groups is 5. The molecule has 1 atom stereocenters. The smallest absolute Gasteiger partial charge is 0.349 e. The SMILES string of the molecule is Cn1nc(C2CCC(=O)NC2=O)c2ccc(CCC(=O)Nc3cccc(CS(=O)(=O)N4CCC(Nc5cccc(-c6sc(C(=O)O)c(OCC(=O)O)c6Cl)c5)CC4)c3)cc21. The number of amides is 3. The van der Waals surface area contributed by atoms with Crippen molar-refractivity contribution in [3.8, 4) is 16.2 Å². The molecule has 5 N–H and O–H groups in total. The molecule has 16 nitrogen and oxygen atoms in total. The van der Waals surface area contributed by atoms with Crippen molar-refractivity contribution in [1.29, 1.82) is 0 Å². The lowest BCUT2D eigenvalue weighted by Crippen LogP contribution is -2.42. The molecule has 60 heavy (non-hydrogen) atoms. The monoisotopic (exact) mass is 876 g/mol. The summed E-state index contributed by atoms with van der Waals surface area (Å²) in [5.74, 6) is -4.38. The molecule has 4 heterocycles. The Labute approximate surface area is 353 Å². The van der Waals surface area contributed by atoms with Crippen molar-refractivity contribution >= 4 is 84.9 Å². The maximum absolute atomic E-state index is 13.5. The Balaban J connectivity index is 0.909. The van der Waals surface area contributed by atoms with E-state index in [0.717, 1.165) is 33.5 Å². The van der Waals surface area contributed by atoms with Crippen molar-refractivity contribution in [2.45, 2.75) is 56.2 Å². The number of hydrogen-bond donors (Lipinski definition) is 5. The fraction of sp³-hybridized carbons (Fsp3) is 0.317. The quantitative estimate of drug-likeness (QED) is 0.0809. The lowest BCUT2D eigenvalue weighted by Gasteiger charge is -2.32. The van der Waals surface area contributed by atoms with Crippen molar-refractivity contribution in [2.75, 3.05) is 30.3 Å². The van der Waals surface area contributed by atoms with Gasteiger partial charge in [-0.2, -0.15) is 5.10 Å². The van der Waals surface area contributed by atoms with E-state index in [2.05, 4.69) is 21.0 Å². The van der Waals surface area contributed by atoms with E-state index in [-0.39, 0.29) is 58.0 Å². The van der Waals surface area contributed by atoms with Crippen LogP contribution in [0.2, 0.25) is 5.02 Å². The number of sulfonamides is 1. The number of carboxylic acids is 2. The number of thiophene rings is 1. The number of piperidine rings is 2. The normalized spacial score (nSPS) is 16.4. The highest BCUT2D eigenvalue weighted by molar-refractivity contribution is 7.88. The van der Waals surface area contributed by atoms with E-state index in [4.69, 9.17) is 21.4 Å². The molecule has 7 rings (SSSR count). The van der Waals surface area contributed by atoms with E-state index in [1.165, 1.54) is 4.31 Å². The molecule has 0 aliphatic carbocycles. The second-order valence-corrected chi connectivity index (χ2v) is 18.0. The van der Waals surface area contributed by atoms with Gasteiger partial charge >= 0.3 is 11.9 Å². The number of hydrogen-bond acceptors (Lipinski definition) is 11. The van der Waals surface area contributed by atoms with Crippen molar-refractivity contribution < 1.29 is 47.3 Å². The summed E-state index contributed by atoms with van der Waals surface area (Å²) in [6.07, 6.45) is 2.34. The van der Waals surface area contributed by atoms with Gasteiger partial charge in [-0.15, -0.1) is 11.3 Å². The molecule has 0 saturated carbocycles. The number of benzene rings is 3. The number of fused-ring (bicyclic) bond motifs is 1. The highest BCUT2D eigenvalue weighted by Crippen LogP contribution is 2.46. The zero-order valence-corrected chi connectivity index (χ0v) is 34.7. The summed E-state index contributed by atoms with van der Waals surface area (Å²) in [4.78, 5) is 60.2. The number of carboxylic acid groups (broad SMARTS) is 2. The van der Waals surface area contributed by atoms with Crippen molar-refractivity contribution in [3.05, 3.63) is 93.5 Å². The van der Waals surface area contributed by atoms with E-state index >= 15 is 0 Å². The van der Waals surface area contributed by atoms with Crippen molar-refractivity contribution in [1.82, 2.24) is 19.4 Å². The average molecular weight is 877 g/mol. The fourth-order valence-electron chi connectivity index (χ4n) is 7.47. The van der Waals surface area contributed by atoms with E-state index in [9.17, 15) is 37.5 Å². The van der Waals surface area contributed by atoms with Gasteiger partial charge in [0.05, 0.1) is 27.8 Å². The Morgan fingerprint density at radius 3 is 2.47 bits per heavy atom. The number of ether oxygens (including phenoxy) is 1. The van der Waals surface area contributed by atoms with Crippen LogP contribution in [0, 0.1) is 0 Å². The second-order valence-electron chi connectivity index (χ2n) is 14.7. The number of aryl methyl sites for hydroxylation is 2. The first kappa shape index (κ1) is 42.3. The highest BCUT2D eigenvalue weighted by atomic mass is 35.5.